The van der Waals surface area contributed by atoms with Gasteiger partial charge in [0.05, 0.1) is 0 Å². The lowest BCUT2D eigenvalue weighted by atomic mass is 10.0. The molecular formula is C8H11NO2. The van der Waals surface area contributed by atoms with Crippen LogP contribution in [0.4, 0.5) is 0 Å². The van der Waals surface area contributed by atoms with Crippen LogP contribution in [0.25, 0.3) is 0 Å². The third-order valence-electron chi connectivity index (χ3n) is 1.54. The van der Waals surface area contributed by atoms with Gasteiger partial charge in [0.25, 0.3) is 0 Å². The summed E-state index contributed by atoms with van der Waals surface area (Å²) in [6.07, 6.45) is 4.40. The van der Waals surface area contributed by atoms with Crippen molar-refractivity contribution < 1.29 is 9.90 Å². The van der Waals surface area contributed by atoms with Crippen LogP contribution in [-0.2, 0) is 4.79 Å². The second-order valence-corrected chi connectivity index (χ2v) is 2.46. The lowest BCUT2D eigenvalue weighted by molar-refractivity contribution is -0.120. The number of aliphatic hydroxyl groups is 1. The Balaban J connectivity index is 2.64. The Morgan fingerprint density at radius 1 is 1.64 bits per heavy atom. The molecule has 0 saturated heterocycles. The summed E-state index contributed by atoms with van der Waals surface area (Å²) < 4.78 is 0. The van der Waals surface area contributed by atoms with E-state index in [1.807, 2.05) is 0 Å². The maximum Gasteiger partial charge on any atom is 0.188 e. The summed E-state index contributed by atoms with van der Waals surface area (Å²) in [6.45, 7) is 0.527. The van der Waals surface area contributed by atoms with Gasteiger partial charge in [0.2, 0.25) is 0 Å². The minimum absolute atomic E-state index is 0.254. The molecule has 1 rings (SSSR count). The molecule has 0 saturated carbocycles. The van der Waals surface area contributed by atoms with Gasteiger partial charge in [-0.05, 0) is 30.7 Å². The average Bonchev–Trinajstić information content (AvgIpc) is 1.98. The van der Waals surface area contributed by atoms with Gasteiger partial charge < -0.3 is 10.8 Å². The predicted molar refractivity (Wildman–Crippen MR) is 41.9 cm³/mol. The number of rotatable bonds is 2. The number of carbonyl (C=O) groups is 1. The number of allylic oxidation sites excluding steroid dienone is 1. The molecule has 0 radical (unpaired) electrons. The summed E-state index contributed by atoms with van der Waals surface area (Å²) in [4.78, 5) is 10.9. The average molecular weight is 153 g/mol. The van der Waals surface area contributed by atoms with E-state index >= 15 is 0 Å². The largest absolute Gasteiger partial charge is 0.381 e. The second-order valence-electron chi connectivity index (χ2n) is 2.46. The molecule has 60 valence electrons. The van der Waals surface area contributed by atoms with E-state index in [1.54, 1.807) is 6.08 Å². The first-order valence-electron chi connectivity index (χ1n) is 3.55. The molecule has 0 amide bonds. The minimum atomic E-state index is -0.948. The maximum absolute atomic E-state index is 10.9. The van der Waals surface area contributed by atoms with Crippen molar-refractivity contribution in [3.63, 3.8) is 0 Å². The van der Waals surface area contributed by atoms with Crippen LogP contribution in [0.3, 0.4) is 0 Å². The Labute approximate surface area is 65.2 Å². The number of carbonyl (C=O) groups excluding carboxylic acids is 1. The van der Waals surface area contributed by atoms with Crippen molar-refractivity contribution in [2.24, 2.45) is 5.73 Å². The number of hydrogen-bond donors (Lipinski definition) is 2. The highest BCUT2D eigenvalue weighted by Crippen LogP contribution is 2.09. The lowest BCUT2D eigenvalue weighted by Crippen LogP contribution is -2.18. The molecule has 3 N–H and O–H groups in total. The molecule has 1 aliphatic rings. The second kappa shape index (κ2) is 3.46. The fraction of sp³-hybridized carbons (Fsp3) is 0.375. The van der Waals surface area contributed by atoms with Gasteiger partial charge in [0.1, 0.15) is 6.10 Å². The van der Waals surface area contributed by atoms with Crippen molar-refractivity contribution in [2.75, 3.05) is 6.54 Å². The standard InChI is InChI=1S/C8H11NO2/c9-4-3-6-1-2-7(10)8(11)5-6/h1-2,5,7,10H,3-4,9H2. The van der Waals surface area contributed by atoms with Crippen LogP contribution in [0.2, 0.25) is 0 Å². The van der Waals surface area contributed by atoms with Crippen molar-refractivity contribution in [1.82, 2.24) is 0 Å². The van der Waals surface area contributed by atoms with E-state index in [9.17, 15) is 4.79 Å². The molecule has 0 fully saturated rings. The molecule has 3 nitrogen and oxygen atoms in total. The third-order valence-corrected chi connectivity index (χ3v) is 1.54. The fourth-order valence-corrected chi connectivity index (χ4v) is 0.948. The Kier molecular flexibility index (Phi) is 2.57. The van der Waals surface area contributed by atoms with Gasteiger partial charge in [-0.25, -0.2) is 0 Å². The Bertz CT molecular complexity index is 218. The van der Waals surface area contributed by atoms with Crippen molar-refractivity contribution in [2.45, 2.75) is 12.5 Å². The SMILES string of the molecule is NCCC1=CC(=O)C(O)C=C1. The zero-order valence-electron chi connectivity index (χ0n) is 6.16. The molecular weight excluding hydrogens is 142 g/mol. The highest BCUT2D eigenvalue weighted by atomic mass is 16.3. The fourth-order valence-electron chi connectivity index (χ4n) is 0.948. The summed E-state index contributed by atoms with van der Waals surface area (Å²) in [5.41, 5.74) is 6.18. The number of hydrogen-bond acceptors (Lipinski definition) is 3. The summed E-state index contributed by atoms with van der Waals surface area (Å²) >= 11 is 0. The molecule has 11 heavy (non-hydrogen) atoms. The topological polar surface area (TPSA) is 63.3 Å². The smallest absolute Gasteiger partial charge is 0.188 e. The van der Waals surface area contributed by atoms with E-state index in [2.05, 4.69) is 0 Å². The molecule has 1 aliphatic carbocycles. The first-order valence-corrected chi connectivity index (χ1v) is 3.55. The Morgan fingerprint density at radius 2 is 2.36 bits per heavy atom. The molecule has 3 heteroatoms. The van der Waals surface area contributed by atoms with Crippen molar-refractivity contribution in [3.05, 3.63) is 23.8 Å². The number of nitrogens with two attached hydrogens (primary N) is 1. The van der Waals surface area contributed by atoms with Gasteiger partial charge in [-0.15, -0.1) is 0 Å². The highest BCUT2D eigenvalue weighted by Gasteiger charge is 2.13. The summed E-state index contributed by atoms with van der Waals surface area (Å²) in [5, 5.41) is 8.95. The van der Waals surface area contributed by atoms with Gasteiger partial charge in [0, 0.05) is 0 Å². The van der Waals surface area contributed by atoms with E-state index in [0.717, 1.165) is 5.57 Å². The van der Waals surface area contributed by atoms with Crippen LogP contribution in [0.5, 0.6) is 0 Å². The van der Waals surface area contributed by atoms with Crippen LogP contribution in [0.1, 0.15) is 6.42 Å². The predicted octanol–water partition coefficient (Wildman–Crippen LogP) is -0.239. The summed E-state index contributed by atoms with van der Waals surface area (Å²) in [6, 6.07) is 0. The first-order chi connectivity index (χ1) is 5.24. The van der Waals surface area contributed by atoms with Crippen molar-refractivity contribution in [3.8, 4) is 0 Å². The molecule has 0 spiro atoms. The molecule has 0 aromatic heterocycles. The van der Waals surface area contributed by atoms with Gasteiger partial charge in [-0.2, -0.15) is 0 Å². The Hall–Kier alpha value is -0.930. The molecule has 0 heterocycles. The van der Waals surface area contributed by atoms with Crippen molar-refractivity contribution >= 4 is 5.78 Å². The van der Waals surface area contributed by atoms with E-state index in [1.165, 1.54) is 12.2 Å². The summed E-state index contributed by atoms with van der Waals surface area (Å²) in [5.74, 6) is -0.254. The lowest BCUT2D eigenvalue weighted by Gasteiger charge is -2.08. The maximum atomic E-state index is 10.9. The third kappa shape index (κ3) is 2.00. The molecule has 0 bridgehead atoms. The van der Waals surface area contributed by atoms with Gasteiger partial charge in [-0.1, -0.05) is 6.08 Å². The van der Waals surface area contributed by atoms with Crippen LogP contribution < -0.4 is 5.73 Å². The molecule has 1 atom stereocenters. The first kappa shape index (κ1) is 8.17. The Morgan fingerprint density at radius 3 is 2.91 bits per heavy atom. The summed E-state index contributed by atoms with van der Waals surface area (Å²) in [7, 11) is 0. The number of ketones is 1. The van der Waals surface area contributed by atoms with Gasteiger partial charge >= 0.3 is 0 Å². The zero-order valence-corrected chi connectivity index (χ0v) is 6.16. The van der Waals surface area contributed by atoms with Crippen LogP contribution in [0.15, 0.2) is 23.8 Å². The van der Waals surface area contributed by atoms with Crippen molar-refractivity contribution in [1.29, 1.82) is 0 Å². The quantitative estimate of drug-likeness (QED) is 0.575. The monoisotopic (exact) mass is 153 g/mol. The van der Waals surface area contributed by atoms with Crippen LogP contribution in [0, 0.1) is 0 Å². The zero-order chi connectivity index (χ0) is 8.27. The molecule has 0 aromatic rings. The highest BCUT2D eigenvalue weighted by molar-refractivity contribution is 5.96. The van der Waals surface area contributed by atoms with E-state index in [-0.39, 0.29) is 5.78 Å². The van der Waals surface area contributed by atoms with Crippen LogP contribution >= 0.6 is 0 Å². The molecule has 1 unspecified atom stereocenters. The number of aliphatic hydroxyl groups excluding tert-OH is 1. The minimum Gasteiger partial charge on any atom is -0.381 e. The van der Waals surface area contributed by atoms with Gasteiger partial charge in [0.15, 0.2) is 5.78 Å². The van der Waals surface area contributed by atoms with Crippen LogP contribution in [-0.4, -0.2) is 23.5 Å². The van der Waals surface area contributed by atoms with E-state index in [4.69, 9.17) is 10.8 Å². The van der Waals surface area contributed by atoms with Gasteiger partial charge in [-0.3, -0.25) is 4.79 Å². The normalized spacial score (nSPS) is 23.6. The van der Waals surface area contributed by atoms with E-state index < -0.39 is 6.10 Å². The molecule has 0 aliphatic heterocycles. The van der Waals surface area contributed by atoms with E-state index in [0.29, 0.717) is 13.0 Å². The molecule has 0 aromatic carbocycles.